The molecule has 10 rings (SSSR count). The van der Waals surface area contributed by atoms with Gasteiger partial charge in [0.2, 0.25) is 5.95 Å². The minimum atomic E-state index is -4.87. The Labute approximate surface area is 342 Å². The predicted molar refractivity (Wildman–Crippen MR) is 215 cm³/mol. The molecule has 11 atom stereocenters. The highest BCUT2D eigenvalue weighted by Crippen LogP contribution is 2.50. The fraction of sp³-hybridized carbons (Fsp3) is 0.359. The van der Waals surface area contributed by atoms with Gasteiger partial charge < -0.3 is 51.0 Å². The highest BCUT2D eigenvalue weighted by Gasteiger charge is 2.45. The number of aliphatic hydroxyl groups is 5. The molecule has 1 aliphatic carbocycles. The number of aliphatic hydroxyl groups excluding tert-OH is 5. The Balaban J connectivity index is 0.883. The molecule has 2 saturated heterocycles. The topological polar surface area (TPSA) is 312 Å². The summed E-state index contributed by atoms with van der Waals surface area (Å²) in [6.45, 7) is -1.22. The number of H-pyrrole nitrogens is 1. The largest absolute Gasteiger partial charge is 0.472 e. The van der Waals surface area contributed by atoms with E-state index in [2.05, 4.69) is 25.3 Å². The van der Waals surface area contributed by atoms with E-state index < -0.39 is 93.5 Å². The van der Waals surface area contributed by atoms with E-state index in [0.717, 1.165) is 36.9 Å². The van der Waals surface area contributed by atoms with Crippen LogP contribution < -0.4 is 22.3 Å². The first kappa shape index (κ1) is 39.7. The molecular weight excluding hydrogens is 819 g/mol. The molecule has 2 fully saturated rings. The Hall–Kier alpha value is -5.42. The maximum absolute atomic E-state index is 13.4. The van der Waals surface area contributed by atoms with Crippen LogP contribution in [0.1, 0.15) is 48.6 Å². The van der Waals surface area contributed by atoms with Crippen molar-refractivity contribution in [2.24, 2.45) is 0 Å². The highest BCUT2D eigenvalue weighted by molar-refractivity contribution is 7.47. The normalized spacial score (nSPS) is 28.9. The lowest BCUT2D eigenvalue weighted by Crippen LogP contribution is -2.44. The molecule has 318 valence electrons. The molecule has 0 amide bonds. The summed E-state index contributed by atoms with van der Waals surface area (Å²) in [5.74, 6) is -0.110. The van der Waals surface area contributed by atoms with Crippen LogP contribution in [0.25, 0.3) is 43.5 Å². The minimum absolute atomic E-state index is 0.0100. The van der Waals surface area contributed by atoms with Crippen LogP contribution in [0.5, 0.6) is 0 Å². The average molecular weight is 859 g/mol. The fourth-order valence-electron chi connectivity index (χ4n) is 8.89. The second kappa shape index (κ2) is 14.9. The summed E-state index contributed by atoms with van der Waals surface area (Å²) in [5.41, 5.74) is 5.05. The van der Waals surface area contributed by atoms with Crippen LogP contribution in [0.4, 0.5) is 11.8 Å². The van der Waals surface area contributed by atoms with Crippen LogP contribution in [0.3, 0.4) is 0 Å². The lowest BCUT2D eigenvalue weighted by Gasteiger charge is -2.38. The number of anilines is 2. The van der Waals surface area contributed by atoms with Crippen molar-refractivity contribution in [3.8, 4) is 0 Å². The van der Waals surface area contributed by atoms with Gasteiger partial charge in [-0.3, -0.25) is 28.0 Å². The Morgan fingerprint density at radius 3 is 2.43 bits per heavy atom. The Bertz CT molecular complexity index is 2980. The summed E-state index contributed by atoms with van der Waals surface area (Å²) in [5, 5.41) is 63.2. The monoisotopic (exact) mass is 858 g/mol. The number of nitrogens with one attached hydrogen (secondary N) is 2. The maximum Gasteiger partial charge on any atom is 0.472 e. The van der Waals surface area contributed by atoms with Gasteiger partial charge in [0.1, 0.15) is 54.9 Å². The summed E-state index contributed by atoms with van der Waals surface area (Å²) in [7, 11) is -4.87. The van der Waals surface area contributed by atoms with Crippen molar-refractivity contribution in [3.63, 3.8) is 0 Å². The van der Waals surface area contributed by atoms with Crippen molar-refractivity contribution >= 4 is 63.1 Å². The molecule has 5 heterocycles. The first-order valence-electron chi connectivity index (χ1n) is 19.4. The molecule has 3 aliphatic rings. The second-order valence-corrected chi connectivity index (χ2v) is 16.9. The lowest BCUT2D eigenvalue weighted by molar-refractivity contribution is -0.0767. The highest BCUT2D eigenvalue weighted by atomic mass is 31.2. The van der Waals surface area contributed by atoms with Crippen molar-refractivity contribution in [2.45, 2.75) is 74.1 Å². The number of hydrogen-bond acceptors (Lipinski definition) is 17. The van der Waals surface area contributed by atoms with Gasteiger partial charge in [0.05, 0.1) is 31.7 Å². The van der Waals surface area contributed by atoms with Crippen molar-refractivity contribution < 1.29 is 53.5 Å². The molecular formula is C39H39N8O13P. The van der Waals surface area contributed by atoms with Crippen LogP contribution >= 0.6 is 7.82 Å². The minimum Gasteiger partial charge on any atom is -0.394 e. The summed E-state index contributed by atoms with van der Waals surface area (Å²) >= 11 is 0. The van der Waals surface area contributed by atoms with Crippen LogP contribution in [0, 0.1) is 0 Å². The molecule has 0 bridgehead atoms. The van der Waals surface area contributed by atoms with Crippen LogP contribution in [0.2, 0.25) is 0 Å². The zero-order valence-corrected chi connectivity index (χ0v) is 32.6. The molecule has 61 heavy (non-hydrogen) atoms. The van der Waals surface area contributed by atoms with Gasteiger partial charge in [-0.15, -0.1) is 0 Å². The van der Waals surface area contributed by atoms with Crippen LogP contribution in [-0.2, 0) is 23.1 Å². The van der Waals surface area contributed by atoms with Gasteiger partial charge in [-0.1, -0.05) is 42.5 Å². The standard InChI is InChI=1S/C39H39N8O13P/c40-25-8-9-46(39(54)42-25)27-12-22(23(13-48)58-27)60-61(55,56)57-14-24-21(49)11-26(59-24)47-15-41-32-36(47)44-38(45-37(32)53)43-31-30-19-7-6-17-3-1-2-16-4-5-18(29(19)28(16)17)10-20(30)33(50)35(52)34(31)51/h1-10,15,21-24,26-27,31,33-35,48-52H,11-14H2,(H,55,56)(H2,40,42,54)(H2,43,44,45,53). The molecule has 0 spiro atoms. The van der Waals surface area contributed by atoms with Gasteiger partial charge in [0, 0.05) is 19.0 Å². The second-order valence-electron chi connectivity index (χ2n) is 15.5. The zero-order valence-electron chi connectivity index (χ0n) is 31.8. The van der Waals surface area contributed by atoms with E-state index in [9.17, 15) is 44.6 Å². The number of ether oxygens (including phenoxy) is 2. The number of fused-ring (bicyclic) bond motifs is 3. The van der Waals surface area contributed by atoms with Gasteiger partial charge in [0.15, 0.2) is 11.2 Å². The van der Waals surface area contributed by atoms with E-state index in [1.807, 2.05) is 42.5 Å². The third-order valence-corrected chi connectivity index (χ3v) is 12.8. The van der Waals surface area contributed by atoms with Gasteiger partial charge in [-0.25, -0.2) is 14.3 Å². The van der Waals surface area contributed by atoms with Crippen molar-refractivity contribution in [1.29, 1.82) is 0 Å². The SMILES string of the molecule is Nc1ccn(C2CC(OP(=O)(O)OCC3OC(n4cnc5c(=O)[nH]c(NC6c7c(cc8ccc9cccc%10ccc7c8c9%10)C(O)C(O)C6O)nc54)CC3O)C(CO)O2)c(=O)n1. The van der Waals surface area contributed by atoms with Gasteiger partial charge in [0.25, 0.3) is 5.56 Å². The molecule has 21 nitrogen and oxygen atoms in total. The number of benzene rings is 4. The van der Waals surface area contributed by atoms with Crippen molar-refractivity contribution in [2.75, 3.05) is 24.3 Å². The Morgan fingerprint density at radius 1 is 0.918 bits per heavy atom. The average Bonchev–Trinajstić information content (AvgIpc) is 3.96. The van der Waals surface area contributed by atoms with E-state index in [-0.39, 0.29) is 35.8 Å². The summed E-state index contributed by atoms with van der Waals surface area (Å²) in [4.78, 5) is 51.5. The molecule has 4 aromatic carbocycles. The number of rotatable bonds is 10. The molecule has 22 heteroatoms. The van der Waals surface area contributed by atoms with Gasteiger partial charge >= 0.3 is 13.5 Å². The van der Waals surface area contributed by atoms with E-state index in [1.54, 1.807) is 6.07 Å². The molecule has 10 N–H and O–H groups in total. The van der Waals surface area contributed by atoms with Crippen LogP contribution in [0.15, 0.2) is 76.7 Å². The number of aromatic amines is 1. The smallest absolute Gasteiger partial charge is 0.394 e. The summed E-state index contributed by atoms with van der Waals surface area (Å²) in [6, 6.07) is 15.9. The zero-order chi connectivity index (χ0) is 42.5. The first-order chi connectivity index (χ1) is 29.3. The molecule has 2 aliphatic heterocycles. The van der Waals surface area contributed by atoms with E-state index in [1.165, 1.54) is 23.2 Å². The van der Waals surface area contributed by atoms with Crippen molar-refractivity contribution in [3.05, 3.63) is 99.1 Å². The Kier molecular flexibility index (Phi) is 9.69. The predicted octanol–water partition coefficient (Wildman–Crippen LogP) is 1.21. The number of aromatic nitrogens is 6. The third-order valence-electron chi connectivity index (χ3n) is 11.8. The molecule has 3 aromatic heterocycles. The van der Waals surface area contributed by atoms with Gasteiger partial charge in [-0.2, -0.15) is 9.97 Å². The number of phosphoric acid groups is 1. The summed E-state index contributed by atoms with van der Waals surface area (Å²) < 4.78 is 37.9. The fourth-order valence-corrected chi connectivity index (χ4v) is 9.85. The van der Waals surface area contributed by atoms with E-state index in [4.69, 9.17) is 24.3 Å². The molecule has 0 radical (unpaired) electrons. The lowest BCUT2D eigenvalue weighted by atomic mass is 9.77. The third kappa shape index (κ3) is 6.74. The number of hydrogen-bond donors (Lipinski definition) is 9. The number of nitrogens with two attached hydrogens (primary N) is 1. The number of nitrogens with zero attached hydrogens (tertiary/aromatic N) is 5. The van der Waals surface area contributed by atoms with E-state index >= 15 is 0 Å². The quantitative estimate of drug-likeness (QED) is 0.0689. The van der Waals surface area contributed by atoms with E-state index in [0.29, 0.717) is 11.1 Å². The number of phosphoric ester groups is 1. The summed E-state index contributed by atoms with van der Waals surface area (Å²) in [6.07, 6.45) is -8.74. The number of nitrogen functional groups attached to an aromatic ring is 1. The molecule has 11 unspecified atom stereocenters. The molecule has 0 saturated carbocycles. The van der Waals surface area contributed by atoms with Crippen LogP contribution in [-0.4, -0.2) is 109 Å². The Morgan fingerprint density at radius 2 is 1.66 bits per heavy atom. The number of imidazole rings is 1. The van der Waals surface area contributed by atoms with Gasteiger partial charge in [-0.05, 0) is 55.6 Å². The van der Waals surface area contributed by atoms with Crippen molar-refractivity contribution in [1.82, 2.24) is 29.1 Å². The maximum atomic E-state index is 13.4. The molecule has 7 aromatic rings. The first-order valence-corrected chi connectivity index (χ1v) is 20.9.